The summed E-state index contributed by atoms with van der Waals surface area (Å²) < 4.78 is 11.5. The van der Waals surface area contributed by atoms with E-state index in [0.717, 1.165) is 6.42 Å². The van der Waals surface area contributed by atoms with E-state index < -0.39 is 5.97 Å². The fourth-order valence-corrected chi connectivity index (χ4v) is 1.75. The summed E-state index contributed by atoms with van der Waals surface area (Å²) in [4.78, 5) is 10.8. The first kappa shape index (κ1) is 15.0. The maximum atomic E-state index is 10.8. The second-order valence-electron chi connectivity index (χ2n) is 4.51. The lowest BCUT2D eigenvalue weighted by molar-refractivity contribution is 0.00539. The summed E-state index contributed by atoms with van der Waals surface area (Å²) in [6.07, 6.45) is 0.747. The first-order valence-electron chi connectivity index (χ1n) is 5.56. The van der Waals surface area contributed by atoms with Crippen LogP contribution in [0.3, 0.4) is 0 Å². The summed E-state index contributed by atoms with van der Waals surface area (Å²) in [7, 11) is 1.66. The lowest BCUT2D eigenvalue weighted by atomic mass is 10.1. The quantitative estimate of drug-likeness (QED) is 0.874. The summed E-state index contributed by atoms with van der Waals surface area (Å²) in [6.45, 7) is 4.48. The van der Waals surface area contributed by atoms with Crippen LogP contribution >= 0.6 is 15.9 Å². The van der Waals surface area contributed by atoms with Crippen molar-refractivity contribution < 1.29 is 19.4 Å². The van der Waals surface area contributed by atoms with Gasteiger partial charge < -0.3 is 14.6 Å². The Morgan fingerprint density at radius 1 is 1.44 bits per heavy atom. The van der Waals surface area contributed by atoms with Crippen LogP contribution in [-0.2, 0) is 4.74 Å². The van der Waals surface area contributed by atoms with E-state index in [2.05, 4.69) is 15.9 Å². The molecule has 0 saturated carbocycles. The maximum Gasteiger partial charge on any atom is 0.335 e. The minimum Gasteiger partial charge on any atom is -0.492 e. The molecule has 0 saturated heterocycles. The number of hydrogen-bond acceptors (Lipinski definition) is 3. The smallest absolute Gasteiger partial charge is 0.335 e. The molecule has 0 aliphatic carbocycles. The normalized spacial score (nSPS) is 11.3. The van der Waals surface area contributed by atoms with E-state index in [4.69, 9.17) is 14.6 Å². The van der Waals surface area contributed by atoms with Crippen LogP contribution in [-0.4, -0.2) is 30.4 Å². The summed E-state index contributed by atoms with van der Waals surface area (Å²) in [6, 6.07) is 4.69. The molecule has 1 N–H and O–H groups in total. The van der Waals surface area contributed by atoms with Gasteiger partial charge in [-0.1, -0.05) is 0 Å². The van der Waals surface area contributed by atoms with E-state index in [1.807, 2.05) is 13.8 Å². The summed E-state index contributed by atoms with van der Waals surface area (Å²) in [5, 5.41) is 8.84. The van der Waals surface area contributed by atoms with Crippen molar-refractivity contribution >= 4 is 21.9 Å². The number of carboxylic acid groups (broad SMARTS) is 1. The van der Waals surface area contributed by atoms with Gasteiger partial charge in [0.1, 0.15) is 5.75 Å². The molecular weight excluding hydrogens is 300 g/mol. The fraction of sp³-hybridized carbons (Fsp3) is 0.462. The van der Waals surface area contributed by atoms with Gasteiger partial charge in [-0.05, 0) is 48.0 Å². The first-order valence-corrected chi connectivity index (χ1v) is 6.36. The summed E-state index contributed by atoms with van der Waals surface area (Å²) >= 11 is 3.29. The highest BCUT2D eigenvalue weighted by molar-refractivity contribution is 9.10. The SMILES string of the molecule is COC(C)(C)CCOc1ccc(C(=O)O)cc1Br. The van der Waals surface area contributed by atoms with Gasteiger partial charge in [-0.3, -0.25) is 0 Å². The number of rotatable bonds is 6. The van der Waals surface area contributed by atoms with Gasteiger partial charge >= 0.3 is 5.97 Å². The molecular formula is C13H17BrO4. The number of ether oxygens (including phenoxy) is 2. The molecule has 0 aliphatic heterocycles. The minimum absolute atomic E-state index is 0.228. The van der Waals surface area contributed by atoms with Crippen molar-refractivity contribution in [2.75, 3.05) is 13.7 Å². The molecule has 0 bridgehead atoms. The zero-order chi connectivity index (χ0) is 13.8. The van der Waals surface area contributed by atoms with E-state index in [-0.39, 0.29) is 11.2 Å². The van der Waals surface area contributed by atoms with Gasteiger partial charge in [-0.2, -0.15) is 0 Å². The Bertz CT molecular complexity index is 429. The average Bonchev–Trinajstić information content (AvgIpc) is 2.31. The van der Waals surface area contributed by atoms with E-state index in [0.29, 0.717) is 16.8 Å². The maximum absolute atomic E-state index is 10.8. The molecule has 0 unspecified atom stereocenters. The van der Waals surface area contributed by atoms with Gasteiger partial charge in [0.2, 0.25) is 0 Å². The van der Waals surface area contributed by atoms with Crippen LogP contribution in [0.15, 0.2) is 22.7 Å². The molecule has 0 fully saturated rings. The van der Waals surface area contributed by atoms with Gasteiger partial charge in [0.05, 0.1) is 22.2 Å². The predicted octanol–water partition coefficient (Wildman–Crippen LogP) is 3.34. The van der Waals surface area contributed by atoms with E-state index in [1.54, 1.807) is 13.2 Å². The Morgan fingerprint density at radius 2 is 2.11 bits per heavy atom. The number of benzene rings is 1. The topological polar surface area (TPSA) is 55.8 Å². The Morgan fingerprint density at radius 3 is 2.61 bits per heavy atom. The zero-order valence-electron chi connectivity index (χ0n) is 10.7. The van der Waals surface area contributed by atoms with Crippen LogP contribution in [0.5, 0.6) is 5.75 Å². The molecule has 0 aliphatic rings. The zero-order valence-corrected chi connectivity index (χ0v) is 12.3. The van der Waals surface area contributed by atoms with Crippen molar-refractivity contribution in [3.8, 4) is 5.75 Å². The van der Waals surface area contributed by atoms with Gasteiger partial charge in [-0.15, -0.1) is 0 Å². The minimum atomic E-state index is -0.956. The molecule has 1 rings (SSSR count). The predicted molar refractivity (Wildman–Crippen MR) is 72.3 cm³/mol. The van der Waals surface area contributed by atoms with Crippen molar-refractivity contribution in [1.82, 2.24) is 0 Å². The van der Waals surface area contributed by atoms with Crippen LogP contribution in [0.2, 0.25) is 0 Å². The molecule has 4 nitrogen and oxygen atoms in total. The van der Waals surface area contributed by atoms with Crippen LogP contribution in [0.1, 0.15) is 30.6 Å². The second-order valence-corrected chi connectivity index (χ2v) is 5.37. The molecule has 0 amide bonds. The van der Waals surface area contributed by atoms with E-state index >= 15 is 0 Å². The molecule has 100 valence electrons. The van der Waals surface area contributed by atoms with Gasteiger partial charge in [0.25, 0.3) is 0 Å². The van der Waals surface area contributed by atoms with Crippen molar-refractivity contribution in [1.29, 1.82) is 0 Å². The molecule has 5 heteroatoms. The largest absolute Gasteiger partial charge is 0.492 e. The van der Waals surface area contributed by atoms with Crippen molar-refractivity contribution in [3.05, 3.63) is 28.2 Å². The molecule has 0 aromatic heterocycles. The Balaban J connectivity index is 2.61. The molecule has 1 aromatic carbocycles. The number of aromatic carboxylic acids is 1. The second kappa shape index (κ2) is 6.20. The van der Waals surface area contributed by atoms with Crippen LogP contribution < -0.4 is 4.74 Å². The summed E-state index contributed by atoms with van der Waals surface area (Å²) in [5.74, 6) is -0.324. The Hall–Kier alpha value is -1.07. The average molecular weight is 317 g/mol. The number of carboxylic acids is 1. The number of methoxy groups -OCH3 is 1. The van der Waals surface area contributed by atoms with Gasteiger partial charge in [0, 0.05) is 13.5 Å². The first-order chi connectivity index (χ1) is 8.35. The monoisotopic (exact) mass is 316 g/mol. The molecule has 1 aromatic rings. The van der Waals surface area contributed by atoms with E-state index in [9.17, 15) is 4.79 Å². The molecule has 0 spiro atoms. The highest BCUT2D eigenvalue weighted by Crippen LogP contribution is 2.26. The highest BCUT2D eigenvalue weighted by Gasteiger charge is 2.16. The van der Waals surface area contributed by atoms with Crippen molar-refractivity contribution in [3.63, 3.8) is 0 Å². The number of halogens is 1. The third-order valence-electron chi connectivity index (χ3n) is 2.69. The fourth-order valence-electron chi connectivity index (χ4n) is 1.26. The Kier molecular flexibility index (Phi) is 5.16. The van der Waals surface area contributed by atoms with Gasteiger partial charge in [-0.25, -0.2) is 4.79 Å². The molecule has 0 atom stereocenters. The molecule has 18 heavy (non-hydrogen) atoms. The lowest BCUT2D eigenvalue weighted by Crippen LogP contribution is -2.25. The standard InChI is InChI=1S/C13H17BrO4/c1-13(2,17-3)6-7-18-11-5-4-9(12(15)16)8-10(11)14/h4-5,8H,6-7H2,1-3H3,(H,15,16). The summed E-state index contributed by atoms with van der Waals surface area (Å²) in [5.41, 5.74) is -0.000498. The van der Waals surface area contributed by atoms with Crippen LogP contribution in [0, 0.1) is 0 Å². The van der Waals surface area contributed by atoms with E-state index in [1.165, 1.54) is 12.1 Å². The van der Waals surface area contributed by atoms with Crippen molar-refractivity contribution in [2.45, 2.75) is 25.9 Å². The molecule has 0 heterocycles. The Labute approximate surface area is 115 Å². The van der Waals surface area contributed by atoms with Crippen LogP contribution in [0.25, 0.3) is 0 Å². The van der Waals surface area contributed by atoms with Crippen molar-refractivity contribution in [2.24, 2.45) is 0 Å². The number of carbonyl (C=O) groups is 1. The van der Waals surface area contributed by atoms with Crippen LogP contribution in [0.4, 0.5) is 0 Å². The highest BCUT2D eigenvalue weighted by atomic mass is 79.9. The third-order valence-corrected chi connectivity index (χ3v) is 3.31. The van der Waals surface area contributed by atoms with Gasteiger partial charge in [0.15, 0.2) is 0 Å². The molecule has 0 radical (unpaired) electrons. The lowest BCUT2D eigenvalue weighted by Gasteiger charge is -2.22. The third kappa shape index (κ3) is 4.31. The number of hydrogen-bond donors (Lipinski definition) is 1.